The fourth-order valence-corrected chi connectivity index (χ4v) is 1.88. The lowest BCUT2D eigenvalue weighted by Crippen LogP contribution is -2.11. The first-order valence-electron chi connectivity index (χ1n) is 6.91. The maximum absolute atomic E-state index is 11.6. The van der Waals surface area contributed by atoms with E-state index in [0.717, 1.165) is 11.1 Å². The first kappa shape index (κ1) is 17.5. The summed E-state index contributed by atoms with van der Waals surface area (Å²) in [4.78, 5) is 11.6. The Hall–Kier alpha value is -2.55. The Labute approximate surface area is 132 Å². The average molecular weight is 298 g/mol. The van der Waals surface area contributed by atoms with Gasteiger partial charge in [-0.25, -0.2) is 4.79 Å². The van der Waals surface area contributed by atoms with Crippen molar-refractivity contribution >= 4 is 12.2 Å². The van der Waals surface area contributed by atoms with E-state index in [4.69, 9.17) is 9.47 Å². The molecule has 1 unspecified atom stereocenters. The fourth-order valence-electron chi connectivity index (χ4n) is 1.88. The highest BCUT2D eigenvalue weighted by Crippen LogP contribution is 2.20. The first-order valence-corrected chi connectivity index (χ1v) is 6.91. The van der Waals surface area contributed by atoms with E-state index in [1.54, 1.807) is 6.92 Å². The molecule has 3 nitrogen and oxygen atoms in total. The van der Waals surface area contributed by atoms with Crippen molar-refractivity contribution in [2.24, 2.45) is 0 Å². The first-order chi connectivity index (χ1) is 10.3. The second-order valence-corrected chi connectivity index (χ2v) is 4.40. The Morgan fingerprint density at radius 2 is 1.64 bits per heavy atom. The maximum Gasteiger partial charge on any atom is 0.509 e. The Kier molecular flexibility index (Phi) is 7.48. The molecule has 0 aliphatic heterocycles. The van der Waals surface area contributed by atoms with Crippen LogP contribution in [0.25, 0.3) is 6.08 Å². The summed E-state index contributed by atoms with van der Waals surface area (Å²) in [7, 11) is 0. The predicted octanol–water partition coefficient (Wildman–Crippen LogP) is 5.25. The second-order valence-electron chi connectivity index (χ2n) is 4.40. The van der Waals surface area contributed by atoms with Gasteiger partial charge < -0.3 is 9.47 Å². The van der Waals surface area contributed by atoms with Crippen LogP contribution in [0.15, 0.2) is 66.7 Å². The summed E-state index contributed by atoms with van der Waals surface area (Å²) < 4.78 is 10.2. The number of hydrogen-bond donors (Lipinski definition) is 0. The summed E-state index contributed by atoms with van der Waals surface area (Å²) in [6, 6.07) is 19.4. The Morgan fingerprint density at radius 1 is 1.05 bits per heavy atom. The maximum atomic E-state index is 11.6. The van der Waals surface area contributed by atoms with Crippen molar-refractivity contribution in [2.45, 2.75) is 20.5 Å². The third-order valence-electron chi connectivity index (χ3n) is 2.88. The Morgan fingerprint density at radius 3 is 2.23 bits per heavy atom. The summed E-state index contributed by atoms with van der Waals surface area (Å²) >= 11 is 0. The van der Waals surface area contributed by atoms with Crippen molar-refractivity contribution < 1.29 is 14.3 Å². The molecule has 0 aliphatic carbocycles. The summed E-state index contributed by atoms with van der Waals surface area (Å²) in [5.41, 5.74) is 1.95. The van der Waals surface area contributed by atoms with E-state index < -0.39 is 12.3 Å². The van der Waals surface area contributed by atoms with Crippen molar-refractivity contribution in [3.05, 3.63) is 77.9 Å². The number of rotatable bonds is 5. The normalized spacial score (nSPS) is 11.5. The summed E-state index contributed by atoms with van der Waals surface area (Å²) in [5.74, 6) is 0. The zero-order valence-corrected chi connectivity index (χ0v) is 11.9. The molecule has 0 spiro atoms. The van der Waals surface area contributed by atoms with Gasteiger partial charge in [0.05, 0.1) is 6.61 Å². The van der Waals surface area contributed by atoms with Gasteiger partial charge in [0, 0.05) is 0 Å². The van der Waals surface area contributed by atoms with E-state index in [1.165, 1.54) is 0 Å². The minimum absolute atomic E-state index is 0. The van der Waals surface area contributed by atoms with Gasteiger partial charge >= 0.3 is 6.16 Å². The molecule has 0 saturated heterocycles. The van der Waals surface area contributed by atoms with Gasteiger partial charge in [0.25, 0.3) is 0 Å². The SMILES string of the molecule is C.CCOC(=O)OC(/C=C/c1ccccc1)c1ccccc1. The minimum Gasteiger partial charge on any atom is -0.435 e. The van der Waals surface area contributed by atoms with Crippen LogP contribution in [-0.2, 0) is 9.47 Å². The van der Waals surface area contributed by atoms with Crippen LogP contribution in [0.5, 0.6) is 0 Å². The molecule has 1 atom stereocenters. The van der Waals surface area contributed by atoms with E-state index >= 15 is 0 Å². The van der Waals surface area contributed by atoms with Crippen molar-refractivity contribution in [3.8, 4) is 0 Å². The van der Waals surface area contributed by atoms with Crippen LogP contribution in [0.4, 0.5) is 4.79 Å². The highest BCUT2D eigenvalue weighted by molar-refractivity contribution is 5.61. The third-order valence-corrected chi connectivity index (χ3v) is 2.88. The lowest BCUT2D eigenvalue weighted by atomic mass is 10.1. The molecule has 0 heterocycles. The van der Waals surface area contributed by atoms with Gasteiger partial charge in [0.2, 0.25) is 0 Å². The number of carbonyl (C=O) groups excluding carboxylic acids is 1. The van der Waals surface area contributed by atoms with Gasteiger partial charge in [0.15, 0.2) is 0 Å². The molecule has 3 heteroatoms. The molecular weight excluding hydrogens is 276 g/mol. The van der Waals surface area contributed by atoms with Crippen LogP contribution in [0.3, 0.4) is 0 Å². The zero-order chi connectivity index (χ0) is 14.9. The van der Waals surface area contributed by atoms with Crippen LogP contribution < -0.4 is 0 Å². The average Bonchev–Trinajstić information content (AvgIpc) is 2.53. The molecule has 0 saturated carbocycles. The highest BCUT2D eigenvalue weighted by atomic mass is 16.7. The summed E-state index contributed by atoms with van der Waals surface area (Å²) in [6.45, 7) is 2.04. The van der Waals surface area contributed by atoms with Gasteiger partial charge in [-0.15, -0.1) is 0 Å². The lowest BCUT2D eigenvalue weighted by molar-refractivity contribution is 0.0403. The van der Waals surface area contributed by atoms with Gasteiger partial charge in [-0.05, 0) is 24.1 Å². The molecule has 0 radical (unpaired) electrons. The molecular formula is C19H22O3. The molecule has 116 valence electrons. The quantitative estimate of drug-likeness (QED) is 0.707. The van der Waals surface area contributed by atoms with Crippen LogP contribution in [0.2, 0.25) is 0 Å². The molecule has 0 aliphatic rings. The number of hydrogen-bond acceptors (Lipinski definition) is 3. The van der Waals surface area contributed by atoms with Crippen molar-refractivity contribution in [1.82, 2.24) is 0 Å². The molecule has 0 aromatic heterocycles. The van der Waals surface area contributed by atoms with Gasteiger partial charge in [-0.2, -0.15) is 0 Å². The largest absolute Gasteiger partial charge is 0.509 e. The standard InChI is InChI=1S/C18H18O3.CH4/c1-2-20-18(19)21-17(16-11-7-4-8-12-16)14-13-15-9-5-3-6-10-15;/h3-14,17H,2H2,1H3;1H4/b14-13+;. The Balaban J connectivity index is 0.00000242. The van der Waals surface area contributed by atoms with Crippen molar-refractivity contribution in [2.75, 3.05) is 6.61 Å². The third kappa shape index (κ3) is 5.44. The van der Waals surface area contributed by atoms with Crippen molar-refractivity contribution in [1.29, 1.82) is 0 Å². The van der Waals surface area contributed by atoms with E-state index in [0.29, 0.717) is 6.61 Å². The van der Waals surface area contributed by atoms with Crippen molar-refractivity contribution in [3.63, 3.8) is 0 Å². The van der Waals surface area contributed by atoms with Crippen LogP contribution >= 0.6 is 0 Å². The number of benzene rings is 2. The monoisotopic (exact) mass is 298 g/mol. The number of carbonyl (C=O) groups is 1. The molecule has 2 aromatic carbocycles. The van der Waals surface area contributed by atoms with Gasteiger partial charge in [0.1, 0.15) is 6.10 Å². The second kappa shape index (κ2) is 9.40. The molecule has 22 heavy (non-hydrogen) atoms. The van der Waals surface area contributed by atoms with E-state index in [2.05, 4.69) is 0 Å². The molecule has 2 rings (SSSR count). The molecule has 0 amide bonds. The lowest BCUT2D eigenvalue weighted by Gasteiger charge is -2.14. The van der Waals surface area contributed by atoms with Gasteiger partial charge in [-0.3, -0.25) is 0 Å². The zero-order valence-electron chi connectivity index (χ0n) is 11.9. The molecule has 0 bridgehead atoms. The van der Waals surface area contributed by atoms with Crippen LogP contribution in [0, 0.1) is 0 Å². The molecule has 2 aromatic rings. The van der Waals surface area contributed by atoms with Crippen LogP contribution in [-0.4, -0.2) is 12.8 Å². The smallest absolute Gasteiger partial charge is 0.435 e. The van der Waals surface area contributed by atoms with E-state index in [-0.39, 0.29) is 7.43 Å². The van der Waals surface area contributed by atoms with E-state index in [9.17, 15) is 4.79 Å². The topological polar surface area (TPSA) is 35.5 Å². The minimum atomic E-state index is -0.663. The van der Waals surface area contributed by atoms with Gasteiger partial charge in [-0.1, -0.05) is 74.2 Å². The highest BCUT2D eigenvalue weighted by Gasteiger charge is 2.14. The Bertz CT molecular complexity index is 576. The van der Waals surface area contributed by atoms with E-state index in [1.807, 2.05) is 72.8 Å². The predicted molar refractivity (Wildman–Crippen MR) is 89.5 cm³/mol. The molecule has 0 N–H and O–H groups in total. The summed E-state index contributed by atoms with van der Waals surface area (Å²) in [5, 5.41) is 0. The summed E-state index contributed by atoms with van der Waals surface area (Å²) in [6.07, 6.45) is 2.65. The molecule has 0 fully saturated rings. The fraction of sp³-hybridized carbons (Fsp3) is 0.211. The number of ether oxygens (including phenoxy) is 2. The van der Waals surface area contributed by atoms with Crippen LogP contribution in [0.1, 0.15) is 31.6 Å².